The van der Waals surface area contributed by atoms with E-state index in [4.69, 9.17) is 4.98 Å². The standard InChI is InChI=1S/C20H21F2N7O/c1-23-17-10-16(25-18(26-17)13-4-2-7-24-11-13)14-5-3-8-28(12-14)19(30)15-6-9-29(27-15)20(21)22/h2,4,6-7,9-11,14,20H,3,5,8,12H2,1H3,(H,23,25,26). The molecule has 30 heavy (non-hydrogen) atoms. The number of alkyl halides is 2. The molecule has 1 N–H and O–H groups in total. The van der Waals surface area contributed by atoms with Crippen LogP contribution < -0.4 is 5.32 Å². The Balaban J connectivity index is 1.57. The van der Waals surface area contributed by atoms with Gasteiger partial charge in [-0.15, -0.1) is 0 Å². The van der Waals surface area contributed by atoms with Crippen LogP contribution in [0.2, 0.25) is 0 Å². The third kappa shape index (κ3) is 4.12. The van der Waals surface area contributed by atoms with Crippen LogP contribution in [0.15, 0.2) is 42.9 Å². The number of likely N-dealkylation sites (tertiary alicyclic amines) is 1. The predicted molar refractivity (Wildman–Crippen MR) is 106 cm³/mol. The SMILES string of the molecule is CNc1cc(C2CCCN(C(=O)c3ccn(C(F)F)n3)C2)nc(-c2cccnc2)n1. The summed E-state index contributed by atoms with van der Waals surface area (Å²) >= 11 is 0. The molecule has 1 amide bonds. The number of hydrogen-bond donors (Lipinski definition) is 1. The second-order valence-corrected chi connectivity index (χ2v) is 7.04. The van der Waals surface area contributed by atoms with Gasteiger partial charge in [0.2, 0.25) is 0 Å². The van der Waals surface area contributed by atoms with Crippen LogP contribution in [-0.2, 0) is 0 Å². The summed E-state index contributed by atoms with van der Waals surface area (Å²) in [4.78, 5) is 27.8. The molecule has 1 aliphatic rings. The van der Waals surface area contributed by atoms with Crippen LogP contribution in [0.5, 0.6) is 0 Å². The second kappa shape index (κ2) is 8.52. The van der Waals surface area contributed by atoms with Gasteiger partial charge in [-0.3, -0.25) is 9.78 Å². The summed E-state index contributed by atoms with van der Waals surface area (Å²) in [5, 5.41) is 6.75. The third-order valence-electron chi connectivity index (χ3n) is 5.08. The number of carbonyl (C=O) groups excluding carboxylic acids is 1. The number of hydrogen-bond acceptors (Lipinski definition) is 6. The number of nitrogens with zero attached hydrogens (tertiary/aromatic N) is 6. The van der Waals surface area contributed by atoms with Gasteiger partial charge in [0.15, 0.2) is 11.5 Å². The van der Waals surface area contributed by atoms with E-state index in [1.807, 2.05) is 18.2 Å². The number of piperidine rings is 1. The fourth-order valence-electron chi connectivity index (χ4n) is 3.55. The van der Waals surface area contributed by atoms with E-state index in [2.05, 4.69) is 20.4 Å². The molecule has 4 rings (SSSR count). The van der Waals surface area contributed by atoms with E-state index in [9.17, 15) is 13.6 Å². The average molecular weight is 413 g/mol. The minimum atomic E-state index is -2.77. The highest BCUT2D eigenvalue weighted by atomic mass is 19.3. The molecule has 0 saturated carbocycles. The summed E-state index contributed by atoms with van der Waals surface area (Å²) < 4.78 is 26.0. The first-order chi connectivity index (χ1) is 14.5. The molecule has 156 valence electrons. The molecule has 10 heteroatoms. The van der Waals surface area contributed by atoms with Crippen molar-refractivity contribution in [3.63, 3.8) is 0 Å². The molecule has 0 radical (unpaired) electrons. The Kier molecular flexibility index (Phi) is 5.64. The zero-order valence-electron chi connectivity index (χ0n) is 16.4. The zero-order chi connectivity index (χ0) is 21.1. The Morgan fingerprint density at radius 3 is 2.87 bits per heavy atom. The first kappa shape index (κ1) is 19.9. The molecule has 4 heterocycles. The Hall–Kier alpha value is -3.43. The van der Waals surface area contributed by atoms with Crippen LogP contribution in [0.25, 0.3) is 11.4 Å². The number of pyridine rings is 1. The van der Waals surface area contributed by atoms with Crippen molar-refractivity contribution in [2.45, 2.75) is 25.3 Å². The van der Waals surface area contributed by atoms with Gasteiger partial charge in [-0.2, -0.15) is 13.9 Å². The summed E-state index contributed by atoms with van der Waals surface area (Å²) in [6, 6.07) is 6.91. The van der Waals surface area contributed by atoms with E-state index >= 15 is 0 Å². The fourth-order valence-corrected chi connectivity index (χ4v) is 3.55. The van der Waals surface area contributed by atoms with Crippen molar-refractivity contribution in [3.8, 4) is 11.4 Å². The Morgan fingerprint density at radius 1 is 1.30 bits per heavy atom. The third-order valence-corrected chi connectivity index (χ3v) is 5.08. The van der Waals surface area contributed by atoms with Crippen molar-refractivity contribution in [3.05, 3.63) is 54.2 Å². The van der Waals surface area contributed by atoms with Crippen LogP contribution in [0.1, 0.15) is 41.5 Å². The number of anilines is 1. The van der Waals surface area contributed by atoms with Gasteiger partial charge in [-0.1, -0.05) is 0 Å². The van der Waals surface area contributed by atoms with Crippen LogP contribution in [0.4, 0.5) is 14.6 Å². The van der Waals surface area contributed by atoms with Crippen molar-refractivity contribution in [2.24, 2.45) is 0 Å². The zero-order valence-corrected chi connectivity index (χ0v) is 16.4. The lowest BCUT2D eigenvalue weighted by Crippen LogP contribution is -2.39. The molecule has 1 unspecified atom stereocenters. The number of nitrogens with one attached hydrogen (secondary N) is 1. The topological polar surface area (TPSA) is 88.8 Å². The molecular formula is C20H21F2N7O. The lowest BCUT2D eigenvalue weighted by atomic mass is 9.94. The van der Waals surface area contributed by atoms with E-state index in [1.54, 1.807) is 24.3 Å². The molecule has 1 fully saturated rings. The minimum Gasteiger partial charge on any atom is -0.373 e. The molecule has 3 aromatic heterocycles. The van der Waals surface area contributed by atoms with Gasteiger partial charge in [0.05, 0.1) is 5.69 Å². The van der Waals surface area contributed by atoms with Crippen LogP contribution in [0.3, 0.4) is 0 Å². The van der Waals surface area contributed by atoms with Crippen molar-refractivity contribution in [2.75, 3.05) is 25.5 Å². The number of amides is 1. The molecule has 1 aliphatic heterocycles. The van der Waals surface area contributed by atoms with E-state index in [-0.39, 0.29) is 17.5 Å². The Bertz CT molecular complexity index is 1030. The highest BCUT2D eigenvalue weighted by molar-refractivity contribution is 5.92. The molecule has 0 bridgehead atoms. The number of halogens is 2. The molecule has 8 nitrogen and oxygen atoms in total. The molecule has 0 aliphatic carbocycles. The van der Waals surface area contributed by atoms with Gasteiger partial charge >= 0.3 is 6.55 Å². The lowest BCUT2D eigenvalue weighted by Gasteiger charge is -2.32. The summed E-state index contributed by atoms with van der Waals surface area (Å²) in [7, 11) is 1.79. The molecule has 1 saturated heterocycles. The summed E-state index contributed by atoms with van der Waals surface area (Å²) in [5.41, 5.74) is 1.64. The monoisotopic (exact) mass is 413 g/mol. The number of aromatic nitrogens is 5. The van der Waals surface area contributed by atoms with Gasteiger partial charge < -0.3 is 10.2 Å². The largest absolute Gasteiger partial charge is 0.373 e. The quantitative estimate of drug-likeness (QED) is 0.691. The maximum Gasteiger partial charge on any atom is 0.333 e. The normalized spacial score (nSPS) is 16.7. The maximum atomic E-state index is 12.8. The second-order valence-electron chi connectivity index (χ2n) is 7.04. The molecule has 0 aromatic carbocycles. The molecule has 0 spiro atoms. The van der Waals surface area contributed by atoms with Crippen molar-refractivity contribution < 1.29 is 13.6 Å². The fraction of sp³-hybridized carbons (Fsp3) is 0.350. The summed E-state index contributed by atoms with van der Waals surface area (Å²) in [6.07, 6.45) is 6.15. The highest BCUT2D eigenvalue weighted by Gasteiger charge is 2.28. The number of rotatable bonds is 5. The highest BCUT2D eigenvalue weighted by Crippen LogP contribution is 2.29. The van der Waals surface area contributed by atoms with Crippen molar-refractivity contribution in [1.82, 2.24) is 29.6 Å². The lowest BCUT2D eigenvalue weighted by molar-refractivity contribution is 0.0546. The maximum absolute atomic E-state index is 12.8. The number of carbonyl (C=O) groups is 1. The minimum absolute atomic E-state index is 0.00501. The predicted octanol–water partition coefficient (Wildman–Crippen LogP) is 3.19. The first-order valence-corrected chi connectivity index (χ1v) is 9.65. The average Bonchev–Trinajstić information content (AvgIpc) is 3.29. The van der Waals surface area contributed by atoms with Crippen molar-refractivity contribution in [1.29, 1.82) is 0 Å². The van der Waals surface area contributed by atoms with Crippen molar-refractivity contribution >= 4 is 11.7 Å². The van der Waals surface area contributed by atoms with Gasteiger partial charge in [0.25, 0.3) is 5.91 Å². The molecular weight excluding hydrogens is 392 g/mol. The van der Waals surface area contributed by atoms with E-state index < -0.39 is 6.55 Å². The summed E-state index contributed by atoms with van der Waals surface area (Å²) in [5.74, 6) is 0.891. The van der Waals surface area contributed by atoms with Crippen LogP contribution >= 0.6 is 0 Å². The van der Waals surface area contributed by atoms with E-state index in [0.717, 1.165) is 30.3 Å². The van der Waals surface area contributed by atoms with E-state index in [1.165, 1.54) is 6.07 Å². The van der Waals surface area contributed by atoms with Gasteiger partial charge in [-0.25, -0.2) is 14.6 Å². The van der Waals surface area contributed by atoms with E-state index in [0.29, 0.717) is 29.4 Å². The Morgan fingerprint density at radius 2 is 2.17 bits per heavy atom. The van der Waals surface area contributed by atoms with Crippen LogP contribution in [-0.4, -0.2) is 55.7 Å². The first-order valence-electron chi connectivity index (χ1n) is 9.65. The van der Waals surface area contributed by atoms with Gasteiger partial charge in [0.1, 0.15) is 5.82 Å². The summed E-state index contributed by atoms with van der Waals surface area (Å²) in [6.45, 7) is -1.78. The van der Waals surface area contributed by atoms with Gasteiger partial charge in [-0.05, 0) is 31.0 Å². The van der Waals surface area contributed by atoms with Crippen LogP contribution in [0, 0.1) is 0 Å². The van der Waals surface area contributed by atoms with Gasteiger partial charge in [0, 0.05) is 56.3 Å². The molecule has 3 aromatic rings. The molecule has 1 atom stereocenters. The smallest absolute Gasteiger partial charge is 0.333 e. The Labute approximate surface area is 172 Å².